The van der Waals surface area contributed by atoms with E-state index in [0.29, 0.717) is 21.6 Å². The molecule has 3 heterocycles. The third-order valence-electron chi connectivity index (χ3n) is 4.76. The number of aromatic nitrogens is 4. The van der Waals surface area contributed by atoms with Gasteiger partial charge in [-0.25, -0.2) is 9.48 Å². The lowest BCUT2D eigenvalue weighted by Crippen LogP contribution is -2.17. The minimum absolute atomic E-state index is 0.0835. The van der Waals surface area contributed by atoms with Crippen LogP contribution in [0.5, 0.6) is 5.75 Å². The monoisotopic (exact) mass is 485 g/mol. The Labute approximate surface area is 192 Å². The van der Waals surface area contributed by atoms with Crippen LogP contribution in [0.15, 0.2) is 51.8 Å². The van der Waals surface area contributed by atoms with Crippen molar-refractivity contribution in [2.75, 3.05) is 25.8 Å². The number of methoxy groups -OCH3 is 1. The lowest BCUT2D eigenvalue weighted by molar-refractivity contribution is 0.0991. The van der Waals surface area contributed by atoms with Gasteiger partial charge in [0.2, 0.25) is 16.0 Å². The van der Waals surface area contributed by atoms with Gasteiger partial charge >= 0.3 is 5.63 Å². The second kappa shape index (κ2) is 8.76. The number of hydrogen-bond acceptors (Lipinski definition) is 9. The summed E-state index contributed by atoms with van der Waals surface area (Å²) >= 11 is 1.11. The number of anilines is 1. The SMILES string of the molecule is COc1c(-c2ccccc2P(C)(C)=O)cc(C(=O)Nc2nnc(-n3nccc3C)s2)oc1=O. The highest BCUT2D eigenvalue weighted by atomic mass is 32.1. The molecule has 4 rings (SSSR count). The van der Waals surface area contributed by atoms with Crippen LogP contribution < -0.4 is 21.0 Å². The summed E-state index contributed by atoms with van der Waals surface area (Å²) in [6.45, 7) is 5.13. The van der Waals surface area contributed by atoms with Gasteiger partial charge in [0.15, 0.2) is 5.76 Å². The Morgan fingerprint density at radius 2 is 1.94 bits per heavy atom. The number of nitrogens with zero attached hydrogens (tertiary/aromatic N) is 4. The summed E-state index contributed by atoms with van der Waals surface area (Å²) in [5, 5.41) is 16.0. The lowest BCUT2D eigenvalue weighted by Gasteiger charge is -2.15. The standard InChI is InChI=1S/C21H20N5O5PS/c1-12-9-10-22-26(12)21-25-24-20(33-21)23-18(27)15-11-14(17(30-2)19(28)31-15)13-7-5-6-8-16(13)32(3,4)29/h5-11H,1-4H3,(H,23,24,27). The Bertz CT molecular complexity index is 1450. The summed E-state index contributed by atoms with van der Waals surface area (Å²) in [4.78, 5) is 25.5. The van der Waals surface area contributed by atoms with Crippen LogP contribution in [0.1, 0.15) is 16.2 Å². The summed E-state index contributed by atoms with van der Waals surface area (Å²) in [5.41, 5.74) is 0.861. The number of ether oxygens (including phenoxy) is 1. The van der Waals surface area contributed by atoms with E-state index < -0.39 is 18.7 Å². The molecule has 4 aromatic rings. The molecule has 1 N–H and O–H groups in total. The van der Waals surface area contributed by atoms with E-state index in [2.05, 4.69) is 20.6 Å². The molecule has 10 nitrogen and oxygen atoms in total. The minimum atomic E-state index is -2.70. The molecule has 0 saturated carbocycles. The number of carbonyl (C=O) groups is 1. The van der Waals surface area contributed by atoms with E-state index in [-0.39, 0.29) is 16.6 Å². The number of benzene rings is 1. The lowest BCUT2D eigenvalue weighted by atomic mass is 10.1. The molecule has 1 aromatic carbocycles. The van der Waals surface area contributed by atoms with E-state index in [4.69, 9.17) is 9.15 Å². The predicted molar refractivity (Wildman–Crippen MR) is 126 cm³/mol. The van der Waals surface area contributed by atoms with Crippen molar-refractivity contribution in [3.8, 4) is 22.0 Å². The molecule has 170 valence electrons. The highest BCUT2D eigenvalue weighted by molar-refractivity contribution is 7.70. The van der Waals surface area contributed by atoms with Gasteiger partial charge < -0.3 is 13.7 Å². The van der Waals surface area contributed by atoms with Crippen molar-refractivity contribution < 1.29 is 18.5 Å². The van der Waals surface area contributed by atoms with Crippen LogP contribution in [0.3, 0.4) is 0 Å². The van der Waals surface area contributed by atoms with Crippen LogP contribution in [-0.4, -0.2) is 46.3 Å². The maximum Gasteiger partial charge on any atom is 0.379 e. The summed E-state index contributed by atoms with van der Waals surface area (Å²) in [6, 6.07) is 10.2. The minimum Gasteiger partial charge on any atom is -0.489 e. The van der Waals surface area contributed by atoms with Crippen molar-refractivity contribution in [1.29, 1.82) is 0 Å². The van der Waals surface area contributed by atoms with Crippen LogP contribution in [0, 0.1) is 6.92 Å². The van der Waals surface area contributed by atoms with E-state index in [9.17, 15) is 14.2 Å². The molecule has 12 heteroatoms. The maximum absolute atomic E-state index is 12.9. The Balaban J connectivity index is 1.72. The first kappa shape index (κ1) is 22.6. The van der Waals surface area contributed by atoms with Crippen molar-refractivity contribution in [3.63, 3.8) is 0 Å². The van der Waals surface area contributed by atoms with E-state index in [1.54, 1.807) is 48.5 Å². The fraction of sp³-hybridized carbons (Fsp3) is 0.190. The molecule has 0 aliphatic carbocycles. The maximum atomic E-state index is 12.9. The zero-order valence-corrected chi connectivity index (χ0v) is 19.9. The first-order valence-electron chi connectivity index (χ1n) is 9.72. The third-order valence-corrected chi connectivity index (χ3v) is 7.12. The van der Waals surface area contributed by atoms with Crippen molar-refractivity contribution in [3.05, 3.63) is 64.5 Å². The molecule has 0 radical (unpaired) electrons. The zero-order valence-electron chi connectivity index (χ0n) is 18.2. The zero-order chi connectivity index (χ0) is 23.8. The van der Waals surface area contributed by atoms with Gasteiger partial charge in [0.05, 0.1) is 7.11 Å². The molecular weight excluding hydrogens is 465 g/mol. The quantitative estimate of drug-likeness (QED) is 0.412. The van der Waals surface area contributed by atoms with Gasteiger partial charge in [0.25, 0.3) is 5.91 Å². The van der Waals surface area contributed by atoms with Crippen LogP contribution in [0.25, 0.3) is 16.3 Å². The van der Waals surface area contributed by atoms with Gasteiger partial charge in [-0.15, -0.1) is 10.2 Å². The van der Waals surface area contributed by atoms with Crippen LogP contribution in [-0.2, 0) is 4.57 Å². The molecule has 0 spiro atoms. The van der Waals surface area contributed by atoms with E-state index in [1.165, 1.54) is 13.2 Å². The van der Waals surface area contributed by atoms with E-state index in [1.807, 2.05) is 13.0 Å². The number of hydrogen-bond donors (Lipinski definition) is 1. The van der Waals surface area contributed by atoms with Crippen LogP contribution in [0.2, 0.25) is 0 Å². The molecule has 0 atom stereocenters. The summed E-state index contributed by atoms with van der Waals surface area (Å²) < 4.78 is 24.9. The molecule has 0 unspecified atom stereocenters. The smallest absolute Gasteiger partial charge is 0.379 e. The summed E-state index contributed by atoms with van der Waals surface area (Å²) in [7, 11) is -1.37. The van der Waals surface area contributed by atoms with Gasteiger partial charge in [-0.05, 0) is 37.9 Å². The molecule has 33 heavy (non-hydrogen) atoms. The number of carbonyl (C=O) groups excluding carboxylic acids is 1. The Hall–Kier alpha value is -3.56. The van der Waals surface area contributed by atoms with Crippen LogP contribution in [0.4, 0.5) is 5.13 Å². The summed E-state index contributed by atoms with van der Waals surface area (Å²) in [6.07, 6.45) is 1.63. The van der Waals surface area contributed by atoms with Crippen molar-refractivity contribution in [2.45, 2.75) is 6.92 Å². The number of aryl methyl sites for hydroxylation is 1. The van der Waals surface area contributed by atoms with Crippen molar-refractivity contribution >= 4 is 34.8 Å². The average molecular weight is 485 g/mol. The first-order chi connectivity index (χ1) is 15.7. The normalized spacial score (nSPS) is 11.4. The Morgan fingerprint density at radius 1 is 1.18 bits per heavy atom. The third kappa shape index (κ3) is 4.50. The highest BCUT2D eigenvalue weighted by Gasteiger charge is 2.24. The fourth-order valence-electron chi connectivity index (χ4n) is 3.24. The van der Waals surface area contributed by atoms with Crippen molar-refractivity contribution in [2.24, 2.45) is 0 Å². The van der Waals surface area contributed by atoms with Crippen molar-refractivity contribution in [1.82, 2.24) is 20.0 Å². The molecule has 0 aliphatic rings. The number of amides is 1. The highest BCUT2D eigenvalue weighted by Crippen LogP contribution is 2.40. The second-order valence-corrected chi connectivity index (χ2v) is 11.6. The predicted octanol–water partition coefficient (Wildman–Crippen LogP) is 3.16. The summed E-state index contributed by atoms with van der Waals surface area (Å²) in [5.74, 6) is -1.02. The number of rotatable bonds is 6. The Morgan fingerprint density at radius 3 is 2.61 bits per heavy atom. The average Bonchev–Trinajstić information content (AvgIpc) is 3.41. The molecule has 0 aliphatic heterocycles. The van der Waals surface area contributed by atoms with E-state index >= 15 is 0 Å². The molecule has 1 amide bonds. The molecule has 3 aromatic heterocycles. The first-order valence-corrected chi connectivity index (χ1v) is 13.1. The molecular formula is C21H20N5O5PS. The van der Waals surface area contributed by atoms with Gasteiger partial charge in [-0.3, -0.25) is 10.1 Å². The van der Waals surface area contributed by atoms with Gasteiger partial charge in [-0.2, -0.15) is 5.10 Å². The van der Waals surface area contributed by atoms with Gasteiger partial charge in [0, 0.05) is 22.8 Å². The number of nitrogens with one attached hydrogen (secondary N) is 1. The van der Waals surface area contributed by atoms with E-state index in [0.717, 1.165) is 17.0 Å². The second-order valence-electron chi connectivity index (χ2n) is 7.44. The van der Waals surface area contributed by atoms with Crippen LogP contribution >= 0.6 is 18.5 Å². The Kier molecular flexibility index (Phi) is 6.01. The van der Waals surface area contributed by atoms with Gasteiger partial charge in [0.1, 0.15) is 7.14 Å². The molecule has 0 bridgehead atoms. The fourth-order valence-corrected chi connectivity index (χ4v) is 5.22. The topological polar surface area (TPSA) is 129 Å². The van der Waals surface area contributed by atoms with Gasteiger partial charge in [-0.1, -0.05) is 35.6 Å². The molecule has 0 saturated heterocycles. The largest absolute Gasteiger partial charge is 0.489 e. The molecule has 0 fully saturated rings.